The minimum absolute atomic E-state index is 0.160. The second kappa shape index (κ2) is 3.68. The molecule has 3 heteroatoms. The van der Waals surface area contributed by atoms with Crippen LogP contribution in [0.2, 0.25) is 0 Å². The summed E-state index contributed by atoms with van der Waals surface area (Å²) in [5, 5.41) is 0. The van der Waals surface area contributed by atoms with Crippen molar-refractivity contribution < 1.29 is 0 Å². The van der Waals surface area contributed by atoms with Crippen LogP contribution in [-0.4, -0.2) is 16.5 Å². The molecule has 2 N–H and O–H groups in total. The zero-order valence-electron chi connectivity index (χ0n) is 7.57. The molecule has 2 heterocycles. The highest BCUT2D eigenvalue weighted by Gasteiger charge is 2.30. The van der Waals surface area contributed by atoms with E-state index < -0.39 is 0 Å². The smallest absolute Gasteiger partial charge is 0.0603 e. The van der Waals surface area contributed by atoms with E-state index >= 15 is 0 Å². The highest BCUT2D eigenvalue weighted by atomic mass is 32.2. The second-order valence-corrected chi connectivity index (χ2v) is 4.71. The van der Waals surface area contributed by atoms with Crippen LogP contribution in [0.1, 0.15) is 18.5 Å². The maximum Gasteiger partial charge on any atom is 0.0603 e. The van der Waals surface area contributed by atoms with Gasteiger partial charge in [-0.15, -0.1) is 0 Å². The van der Waals surface area contributed by atoms with Crippen molar-refractivity contribution in [1.29, 1.82) is 0 Å². The molecule has 2 rings (SSSR count). The quantitative estimate of drug-likeness (QED) is 0.740. The predicted molar refractivity (Wildman–Crippen MR) is 56.7 cm³/mol. The largest absolute Gasteiger partial charge is 0.320 e. The number of thioether (sulfide) groups is 1. The van der Waals surface area contributed by atoms with Gasteiger partial charge >= 0.3 is 0 Å². The van der Waals surface area contributed by atoms with E-state index in [-0.39, 0.29) is 5.54 Å². The molecule has 1 aromatic heterocycles. The average molecular weight is 194 g/mol. The standard InChI is InChI=1S/C10H14N2S/c11-10(4-7-13-8-5-10)9-3-1-2-6-12-9/h1-3,6H,4-5,7-8,11H2. The number of aromatic nitrogens is 1. The van der Waals surface area contributed by atoms with E-state index in [2.05, 4.69) is 4.98 Å². The van der Waals surface area contributed by atoms with Crippen molar-refractivity contribution in [3.63, 3.8) is 0 Å². The van der Waals surface area contributed by atoms with Gasteiger partial charge in [0.25, 0.3) is 0 Å². The lowest BCUT2D eigenvalue weighted by molar-refractivity contribution is 0.399. The van der Waals surface area contributed by atoms with Gasteiger partial charge in [0.15, 0.2) is 0 Å². The van der Waals surface area contributed by atoms with Gasteiger partial charge in [-0.1, -0.05) is 6.07 Å². The van der Waals surface area contributed by atoms with E-state index in [1.807, 2.05) is 36.2 Å². The molecule has 0 saturated carbocycles. The summed E-state index contributed by atoms with van der Waals surface area (Å²) in [5.41, 5.74) is 7.20. The van der Waals surface area contributed by atoms with E-state index in [9.17, 15) is 0 Å². The lowest BCUT2D eigenvalue weighted by Crippen LogP contribution is -2.40. The number of rotatable bonds is 1. The Bertz CT molecular complexity index is 268. The van der Waals surface area contributed by atoms with Crippen LogP contribution < -0.4 is 5.73 Å². The van der Waals surface area contributed by atoms with Gasteiger partial charge < -0.3 is 5.73 Å². The first-order chi connectivity index (χ1) is 6.31. The van der Waals surface area contributed by atoms with Crippen LogP contribution in [-0.2, 0) is 5.54 Å². The van der Waals surface area contributed by atoms with Crippen LogP contribution >= 0.6 is 11.8 Å². The van der Waals surface area contributed by atoms with E-state index in [0.29, 0.717) is 0 Å². The molecule has 1 fully saturated rings. The highest BCUT2D eigenvalue weighted by Crippen LogP contribution is 2.32. The molecular weight excluding hydrogens is 180 g/mol. The van der Waals surface area contributed by atoms with E-state index in [0.717, 1.165) is 30.0 Å². The fraction of sp³-hybridized carbons (Fsp3) is 0.500. The molecule has 0 radical (unpaired) electrons. The van der Waals surface area contributed by atoms with Crippen LogP contribution in [0.15, 0.2) is 24.4 Å². The molecular formula is C10H14N2S. The van der Waals surface area contributed by atoms with Crippen LogP contribution in [0.4, 0.5) is 0 Å². The van der Waals surface area contributed by atoms with Crippen molar-refractivity contribution in [3.8, 4) is 0 Å². The molecule has 1 aliphatic heterocycles. The van der Waals surface area contributed by atoms with Gasteiger partial charge in [-0.05, 0) is 36.5 Å². The molecule has 0 aromatic carbocycles. The lowest BCUT2D eigenvalue weighted by Gasteiger charge is -2.32. The van der Waals surface area contributed by atoms with Crippen molar-refractivity contribution in [3.05, 3.63) is 30.1 Å². The van der Waals surface area contributed by atoms with Crippen LogP contribution in [0, 0.1) is 0 Å². The molecule has 2 nitrogen and oxygen atoms in total. The first-order valence-corrected chi connectivity index (χ1v) is 5.75. The van der Waals surface area contributed by atoms with Gasteiger partial charge in [-0.2, -0.15) is 11.8 Å². The summed E-state index contributed by atoms with van der Waals surface area (Å²) in [7, 11) is 0. The van der Waals surface area contributed by atoms with Crippen LogP contribution in [0.25, 0.3) is 0 Å². The molecule has 0 amide bonds. The van der Waals surface area contributed by atoms with Crippen molar-refractivity contribution in [1.82, 2.24) is 4.98 Å². The SMILES string of the molecule is NC1(c2ccccn2)CCSCC1. The zero-order chi connectivity index (χ0) is 9.15. The number of pyridine rings is 1. The molecule has 1 aliphatic rings. The average Bonchev–Trinajstić information content (AvgIpc) is 2.20. The molecule has 1 saturated heterocycles. The van der Waals surface area contributed by atoms with Crippen molar-refractivity contribution in [2.45, 2.75) is 18.4 Å². The fourth-order valence-corrected chi connectivity index (χ4v) is 2.87. The maximum atomic E-state index is 6.30. The number of hydrogen-bond donors (Lipinski definition) is 1. The van der Waals surface area contributed by atoms with Gasteiger partial charge in [-0.3, -0.25) is 4.98 Å². The third-order valence-electron chi connectivity index (χ3n) is 2.56. The van der Waals surface area contributed by atoms with E-state index in [4.69, 9.17) is 5.73 Å². The van der Waals surface area contributed by atoms with Gasteiger partial charge in [0.1, 0.15) is 0 Å². The summed E-state index contributed by atoms with van der Waals surface area (Å²) in [6.07, 6.45) is 3.93. The second-order valence-electron chi connectivity index (χ2n) is 3.48. The Hall–Kier alpha value is -0.540. The molecule has 13 heavy (non-hydrogen) atoms. The minimum Gasteiger partial charge on any atom is -0.320 e. The molecule has 0 bridgehead atoms. The summed E-state index contributed by atoms with van der Waals surface area (Å²) in [6, 6.07) is 5.99. The van der Waals surface area contributed by atoms with E-state index in [1.165, 1.54) is 0 Å². The maximum absolute atomic E-state index is 6.30. The summed E-state index contributed by atoms with van der Waals surface area (Å²) < 4.78 is 0. The number of hydrogen-bond acceptors (Lipinski definition) is 3. The number of nitrogens with two attached hydrogens (primary N) is 1. The molecule has 0 spiro atoms. The van der Waals surface area contributed by atoms with Crippen molar-refractivity contribution >= 4 is 11.8 Å². The topological polar surface area (TPSA) is 38.9 Å². The zero-order valence-corrected chi connectivity index (χ0v) is 8.39. The third kappa shape index (κ3) is 1.86. The van der Waals surface area contributed by atoms with Crippen molar-refractivity contribution in [2.75, 3.05) is 11.5 Å². The Morgan fingerprint density at radius 3 is 2.69 bits per heavy atom. The van der Waals surface area contributed by atoms with E-state index in [1.54, 1.807) is 0 Å². The van der Waals surface area contributed by atoms with Crippen molar-refractivity contribution in [2.24, 2.45) is 5.73 Å². The summed E-state index contributed by atoms with van der Waals surface area (Å²) in [4.78, 5) is 4.34. The lowest BCUT2D eigenvalue weighted by atomic mass is 9.89. The highest BCUT2D eigenvalue weighted by molar-refractivity contribution is 7.99. The Morgan fingerprint density at radius 2 is 2.08 bits per heavy atom. The summed E-state index contributed by atoms with van der Waals surface area (Å²) in [5.74, 6) is 2.32. The van der Waals surface area contributed by atoms with Crippen LogP contribution in [0.3, 0.4) is 0 Å². The Morgan fingerprint density at radius 1 is 1.31 bits per heavy atom. The van der Waals surface area contributed by atoms with Gasteiger partial charge in [0.05, 0.1) is 11.2 Å². The molecule has 0 unspecified atom stereocenters. The molecule has 70 valence electrons. The fourth-order valence-electron chi connectivity index (χ4n) is 1.65. The molecule has 0 aliphatic carbocycles. The Kier molecular flexibility index (Phi) is 2.56. The normalized spacial score (nSPS) is 21.3. The Balaban J connectivity index is 2.23. The number of nitrogens with zero attached hydrogens (tertiary/aromatic N) is 1. The first-order valence-electron chi connectivity index (χ1n) is 4.59. The van der Waals surface area contributed by atoms with Gasteiger partial charge in [0.2, 0.25) is 0 Å². The monoisotopic (exact) mass is 194 g/mol. The first kappa shape index (κ1) is 9.03. The summed E-state index contributed by atoms with van der Waals surface area (Å²) in [6.45, 7) is 0. The minimum atomic E-state index is -0.160. The van der Waals surface area contributed by atoms with Crippen LogP contribution in [0.5, 0.6) is 0 Å². The van der Waals surface area contributed by atoms with Gasteiger partial charge in [0, 0.05) is 6.20 Å². The Labute approximate surface area is 82.9 Å². The third-order valence-corrected chi connectivity index (χ3v) is 3.55. The summed E-state index contributed by atoms with van der Waals surface area (Å²) >= 11 is 1.98. The van der Waals surface area contributed by atoms with Gasteiger partial charge in [-0.25, -0.2) is 0 Å². The molecule has 0 atom stereocenters. The molecule has 1 aromatic rings. The predicted octanol–water partition coefficient (Wildman–Crippen LogP) is 1.76.